The predicted octanol–water partition coefficient (Wildman–Crippen LogP) is 3.44. The Morgan fingerprint density at radius 1 is 0.667 bits per heavy atom. The number of amides is 2. The molecule has 2 aliphatic carbocycles. The summed E-state index contributed by atoms with van der Waals surface area (Å²) in [7, 11) is 0. The predicted molar refractivity (Wildman–Crippen MR) is 119 cm³/mol. The molecule has 2 rings (SSSR count). The normalized spacial score (nSPS) is 23.1. The van der Waals surface area contributed by atoms with Crippen molar-refractivity contribution < 1.29 is 19.8 Å². The van der Waals surface area contributed by atoms with Crippen LogP contribution in [-0.2, 0) is 9.59 Å². The quantitative estimate of drug-likeness (QED) is 0.449. The Hall–Kier alpha value is -1.14. The lowest BCUT2D eigenvalue weighted by molar-refractivity contribution is -0.143. The molecule has 0 aromatic carbocycles. The van der Waals surface area contributed by atoms with Gasteiger partial charge in [-0.15, -0.1) is 0 Å². The van der Waals surface area contributed by atoms with Crippen LogP contribution in [0.3, 0.4) is 0 Å². The van der Waals surface area contributed by atoms with Gasteiger partial charge in [0, 0.05) is 0 Å². The maximum absolute atomic E-state index is 12.8. The maximum Gasteiger partial charge on any atom is 0.309 e. The number of rotatable bonds is 8. The monoisotopic (exact) mass is 424 g/mol. The summed E-state index contributed by atoms with van der Waals surface area (Å²) in [6.45, 7) is 8.23. The van der Waals surface area contributed by atoms with Gasteiger partial charge in [0.15, 0.2) is 0 Å². The maximum atomic E-state index is 12.8. The lowest BCUT2D eigenvalue weighted by Gasteiger charge is -2.41. The van der Waals surface area contributed by atoms with Gasteiger partial charge in [0.1, 0.15) is 0 Å². The zero-order valence-corrected chi connectivity index (χ0v) is 19.5. The van der Waals surface area contributed by atoms with Gasteiger partial charge in [-0.25, -0.2) is 0 Å². The Morgan fingerprint density at radius 3 is 1.23 bits per heavy atom. The molecular weight excluding hydrogens is 380 g/mol. The Kier molecular flexibility index (Phi) is 9.16. The van der Waals surface area contributed by atoms with Crippen molar-refractivity contribution >= 4 is 11.8 Å². The third kappa shape index (κ3) is 6.94. The van der Waals surface area contributed by atoms with Crippen LogP contribution in [0.1, 0.15) is 105 Å². The van der Waals surface area contributed by atoms with E-state index in [1.54, 1.807) is 0 Å². The van der Waals surface area contributed by atoms with Crippen LogP contribution in [-0.4, -0.2) is 45.3 Å². The molecule has 4 N–H and O–H groups in total. The molecule has 2 atom stereocenters. The molecule has 0 unspecified atom stereocenters. The molecule has 2 aliphatic rings. The first-order chi connectivity index (χ1) is 14.1. The van der Waals surface area contributed by atoms with Crippen molar-refractivity contribution in [1.82, 2.24) is 10.6 Å². The number of carbonyl (C=O) groups is 2. The van der Waals surface area contributed by atoms with E-state index in [1.165, 1.54) is 0 Å². The number of hydrogen-bond acceptors (Lipinski definition) is 4. The van der Waals surface area contributed by atoms with E-state index in [2.05, 4.69) is 38.3 Å². The Balaban J connectivity index is 2.07. The highest BCUT2D eigenvalue weighted by Gasteiger charge is 2.42. The summed E-state index contributed by atoms with van der Waals surface area (Å²) < 4.78 is 0. The molecule has 0 heterocycles. The third-order valence-corrected chi connectivity index (χ3v) is 6.97. The highest BCUT2D eigenvalue weighted by Crippen LogP contribution is 2.34. The van der Waals surface area contributed by atoms with Gasteiger partial charge in [-0.3, -0.25) is 9.59 Å². The van der Waals surface area contributed by atoms with E-state index in [0.29, 0.717) is 50.4 Å². The number of nitrogens with one attached hydrogen (secondary N) is 2. The number of hydrogen-bond donors (Lipinski definition) is 4. The fourth-order valence-corrected chi connectivity index (χ4v) is 5.24. The molecule has 0 aliphatic heterocycles. The van der Waals surface area contributed by atoms with E-state index in [0.717, 1.165) is 38.5 Å². The molecule has 30 heavy (non-hydrogen) atoms. The van der Waals surface area contributed by atoms with E-state index in [1.807, 2.05) is 0 Å². The van der Waals surface area contributed by atoms with Crippen molar-refractivity contribution in [2.45, 2.75) is 128 Å². The second-order valence-corrected chi connectivity index (χ2v) is 10.6. The summed E-state index contributed by atoms with van der Waals surface area (Å²) in [4.78, 5) is 25.6. The molecule has 174 valence electrons. The van der Waals surface area contributed by atoms with Gasteiger partial charge in [0.05, 0.1) is 23.3 Å². The second kappa shape index (κ2) is 10.9. The Morgan fingerprint density at radius 2 is 0.967 bits per heavy atom. The van der Waals surface area contributed by atoms with Gasteiger partial charge in [-0.2, -0.15) is 0 Å². The molecule has 0 saturated heterocycles. The minimum Gasteiger partial charge on any atom is -0.388 e. The minimum atomic E-state index is -0.947. The van der Waals surface area contributed by atoms with Crippen LogP contribution in [0.15, 0.2) is 0 Å². The molecular formula is C24H44N2O4. The van der Waals surface area contributed by atoms with Crippen LogP contribution in [0.4, 0.5) is 0 Å². The summed E-state index contributed by atoms with van der Waals surface area (Å²) >= 11 is 0. The van der Waals surface area contributed by atoms with Gasteiger partial charge >= 0.3 is 11.8 Å². The molecule has 0 spiro atoms. The van der Waals surface area contributed by atoms with Crippen LogP contribution in [0.25, 0.3) is 0 Å². The van der Waals surface area contributed by atoms with E-state index >= 15 is 0 Å². The molecule has 0 bridgehead atoms. The fourth-order valence-electron chi connectivity index (χ4n) is 5.24. The molecule has 0 radical (unpaired) electrons. The van der Waals surface area contributed by atoms with Gasteiger partial charge < -0.3 is 20.8 Å². The van der Waals surface area contributed by atoms with Gasteiger partial charge in [-0.05, 0) is 50.4 Å². The molecule has 6 heteroatoms. The van der Waals surface area contributed by atoms with Crippen molar-refractivity contribution in [1.29, 1.82) is 0 Å². The first kappa shape index (κ1) is 25.1. The zero-order chi connectivity index (χ0) is 22.4. The molecule has 0 aromatic heterocycles. The molecule has 0 aromatic rings. The topological polar surface area (TPSA) is 98.7 Å². The smallest absolute Gasteiger partial charge is 0.309 e. The van der Waals surface area contributed by atoms with Gasteiger partial charge in [0.25, 0.3) is 0 Å². The lowest BCUT2D eigenvalue weighted by atomic mass is 9.76. The largest absolute Gasteiger partial charge is 0.388 e. The summed E-state index contributed by atoms with van der Waals surface area (Å²) in [6.07, 6.45) is 9.85. The average molecular weight is 425 g/mol. The molecule has 2 fully saturated rings. The summed E-state index contributed by atoms with van der Waals surface area (Å²) in [6, 6.07) is -0.866. The average Bonchev–Trinajstić information content (AvgIpc) is 2.67. The number of aliphatic hydroxyl groups is 2. The minimum absolute atomic E-state index is 0.293. The lowest BCUT2D eigenvalue weighted by Crippen LogP contribution is -2.60. The van der Waals surface area contributed by atoms with Crippen LogP contribution in [0.5, 0.6) is 0 Å². The summed E-state index contributed by atoms with van der Waals surface area (Å²) in [5.41, 5.74) is -1.89. The second-order valence-electron chi connectivity index (χ2n) is 10.6. The molecule has 6 nitrogen and oxygen atoms in total. The van der Waals surface area contributed by atoms with Crippen LogP contribution in [0.2, 0.25) is 0 Å². The van der Waals surface area contributed by atoms with Crippen LogP contribution >= 0.6 is 0 Å². The van der Waals surface area contributed by atoms with Gasteiger partial charge in [0.2, 0.25) is 0 Å². The van der Waals surface area contributed by atoms with Crippen molar-refractivity contribution in [2.75, 3.05) is 0 Å². The fraction of sp³-hybridized carbons (Fsp3) is 0.917. The van der Waals surface area contributed by atoms with Crippen molar-refractivity contribution in [3.8, 4) is 0 Å². The number of carbonyl (C=O) groups excluding carboxylic acids is 2. The first-order valence-corrected chi connectivity index (χ1v) is 12.1. The van der Waals surface area contributed by atoms with E-state index in [-0.39, 0.29) is 0 Å². The first-order valence-electron chi connectivity index (χ1n) is 12.1. The Labute approximate surface area is 182 Å². The van der Waals surface area contributed by atoms with Crippen LogP contribution in [0, 0.1) is 11.8 Å². The molecule has 2 amide bonds. The third-order valence-electron chi connectivity index (χ3n) is 6.97. The zero-order valence-electron chi connectivity index (χ0n) is 19.5. The Bertz CT molecular complexity index is 514. The molecule has 2 saturated carbocycles. The van der Waals surface area contributed by atoms with E-state index in [9.17, 15) is 19.8 Å². The summed E-state index contributed by atoms with van der Waals surface area (Å²) in [5, 5.41) is 28.0. The van der Waals surface area contributed by atoms with Crippen molar-refractivity contribution in [3.05, 3.63) is 0 Å². The SMILES string of the molecule is CC(C)C[C@@H](NC(=O)C(=O)N[C@H](CC(C)C)C1(O)CCCCC1)C1(O)CCCCC1. The van der Waals surface area contributed by atoms with Crippen molar-refractivity contribution in [3.63, 3.8) is 0 Å². The van der Waals surface area contributed by atoms with E-state index < -0.39 is 35.1 Å². The van der Waals surface area contributed by atoms with E-state index in [4.69, 9.17) is 0 Å². The standard InChI is InChI=1S/C24H44N2O4/c1-17(2)15-19(23(29)11-7-5-8-12-23)25-21(27)22(28)26-20(16-18(3)4)24(30)13-9-6-10-14-24/h17-20,29-30H,5-16H2,1-4H3,(H,25,27)(H,26,28)/t19-,20-/m1/s1. The van der Waals surface area contributed by atoms with Crippen LogP contribution < -0.4 is 10.6 Å². The van der Waals surface area contributed by atoms with Crippen molar-refractivity contribution in [2.24, 2.45) is 11.8 Å². The van der Waals surface area contributed by atoms with Gasteiger partial charge in [-0.1, -0.05) is 66.2 Å². The highest BCUT2D eigenvalue weighted by molar-refractivity contribution is 6.35. The summed E-state index contributed by atoms with van der Waals surface area (Å²) in [5.74, 6) is -0.817. The highest BCUT2D eigenvalue weighted by atomic mass is 16.3.